The van der Waals surface area contributed by atoms with Crippen molar-refractivity contribution < 1.29 is 36.2 Å². The molecule has 3 atom stereocenters. The first-order chi connectivity index (χ1) is 16.6. The maximum absolute atomic E-state index is 12.9. The number of nitrogens with one attached hydrogen (secondary N) is 1. The number of anilines is 2. The molecule has 0 radical (unpaired) electrons. The number of ether oxygens (including phenoxy) is 2. The second kappa shape index (κ2) is 8.82. The quantitative estimate of drug-likeness (QED) is 0.544. The fraction of sp³-hybridized carbons (Fsp3) is 0.318. The molecule has 1 fully saturated rings. The lowest BCUT2D eigenvalue weighted by Crippen LogP contribution is -2.60. The van der Waals surface area contributed by atoms with Crippen LogP contribution in [-0.4, -0.2) is 60.9 Å². The van der Waals surface area contributed by atoms with Gasteiger partial charge in [0, 0.05) is 6.20 Å². The van der Waals surface area contributed by atoms with Crippen molar-refractivity contribution in [1.82, 2.24) is 14.5 Å². The highest BCUT2D eigenvalue weighted by atomic mass is 32.2. The molecule has 9 nitrogen and oxygen atoms in total. The summed E-state index contributed by atoms with van der Waals surface area (Å²) in [5.74, 6) is 1.14. The number of rotatable bonds is 5. The van der Waals surface area contributed by atoms with E-state index in [1.807, 2.05) is 41.3 Å². The van der Waals surface area contributed by atoms with Crippen LogP contribution in [0.1, 0.15) is 0 Å². The Morgan fingerprint density at radius 3 is 2.31 bits per heavy atom. The van der Waals surface area contributed by atoms with Crippen molar-refractivity contribution >= 4 is 21.4 Å². The van der Waals surface area contributed by atoms with E-state index in [0.717, 1.165) is 12.4 Å². The topological polar surface area (TPSA) is 106 Å². The number of para-hydroxylation sites is 4. The Labute approximate surface area is 198 Å². The third-order valence-corrected chi connectivity index (χ3v) is 7.21. The highest BCUT2D eigenvalue weighted by Gasteiger charge is 2.42. The van der Waals surface area contributed by atoms with Gasteiger partial charge in [-0.2, -0.15) is 18.3 Å². The van der Waals surface area contributed by atoms with E-state index in [2.05, 4.69) is 9.82 Å². The van der Waals surface area contributed by atoms with E-state index in [1.54, 1.807) is 12.1 Å². The van der Waals surface area contributed by atoms with Gasteiger partial charge in [0.1, 0.15) is 11.4 Å². The summed E-state index contributed by atoms with van der Waals surface area (Å²) in [7, 11) is -4.29. The average molecular weight is 510 g/mol. The van der Waals surface area contributed by atoms with E-state index >= 15 is 0 Å². The predicted molar refractivity (Wildman–Crippen MR) is 118 cm³/mol. The van der Waals surface area contributed by atoms with E-state index < -0.39 is 45.8 Å². The monoisotopic (exact) mass is 510 g/mol. The molecule has 0 amide bonds. The van der Waals surface area contributed by atoms with Crippen molar-refractivity contribution in [3.63, 3.8) is 0 Å². The van der Waals surface area contributed by atoms with Gasteiger partial charge < -0.3 is 19.5 Å². The molecule has 13 heteroatoms. The summed E-state index contributed by atoms with van der Waals surface area (Å²) in [6.45, 7) is -1.44. The predicted octanol–water partition coefficient (Wildman–Crippen LogP) is 2.80. The Balaban J connectivity index is 1.41. The van der Waals surface area contributed by atoms with Gasteiger partial charge in [-0.1, -0.05) is 24.3 Å². The lowest BCUT2D eigenvalue weighted by molar-refractivity contribution is -0.142. The molecule has 0 bridgehead atoms. The maximum Gasteiger partial charge on any atom is 0.408 e. The van der Waals surface area contributed by atoms with Crippen molar-refractivity contribution in [2.75, 3.05) is 18.1 Å². The third kappa shape index (κ3) is 4.72. The van der Waals surface area contributed by atoms with Crippen LogP contribution in [-0.2, 0) is 21.3 Å². The molecule has 1 saturated heterocycles. The van der Waals surface area contributed by atoms with E-state index in [1.165, 1.54) is 0 Å². The molecule has 35 heavy (non-hydrogen) atoms. The highest BCUT2D eigenvalue weighted by molar-refractivity contribution is 7.89. The number of hydrogen-bond donors (Lipinski definition) is 2. The lowest BCUT2D eigenvalue weighted by Gasteiger charge is -2.44. The van der Waals surface area contributed by atoms with Gasteiger partial charge in [-0.05, 0) is 24.3 Å². The van der Waals surface area contributed by atoms with Crippen LogP contribution in [0.2, 0.25) is 0 Å². The molecule has 2 aliphatic heterocycles. The number of aliphatic hydroxyl groups excluding tert-OH is 1. The Morgan fingerprint density at radius 2 is 1.69 bits per heavy atom. The lowest BCUT2D eigenvalue weighted by atomic mass is 9.98. The van der Waals surface area contributed by atoms with E-state index in [4.69, 9.17) is 9.47 Å². The highest BCUT2D eigenvalue weighted by Crippen LogP contribution is 2.48. The number of halogens is 3. The number of hydrogen-bond acceptors (Lipinski definition) is 7. The number of nitrogens with zero attached hydrogens (tertiary/aromatic N) is 3. The summed E-state index contributed by atoms with van der Waals surface area (Å²) in [6.07, 6.45) is -4.15. The van der Waals surface area contributed by atoms with Gasteiger partial charge in [-0.25, -0.2) is 13.1 Å². The van der Waals surface area contributed by atoms with Gasteiger partial charge in [0.05, 0.1) is 49.0 Å². The van der Waals surface area contributed by atoms with Gasteiger partial charge >= 0.3 is 6.18 Å². The minimum absolute atomic E-state index is 0.103. The molecule has 2 N–H and O–H groups in total. The van der Waals surface area contributed by atoms with Gasteiger partial charge in [0.2, 0.25) is 10.0 Å². The van der Waals surface area contributed by atoms with Gasteiger partial charge in [-0.15, -0.1) is 0 Å². The van der Waals surface area contributed by atoms with Crippen LogP contribution in [0.3, 0.4) is 0 Å². The minimum Gasteiger partial charge on any atom is -0.453 e. The largest absolute Gasteiger partial charge is 0.453 e. The van der Waals surface area contributed by atoms with Crippen molar-refractivity contribution in [2.45, 2.75) is 35.8 Å². The molecule has 0 aliphatic carbocycles. The number of sulfonamides is 1. The number of aliphatic hydroxyl groups is 1. The SMILES string of the molecule is O=S(=O)(NC1COCC(N2c3ccccc3Oc3ccccc32)C1O)c1cnn(CC(F)(F)F)c1. The fourth-order valence-corrected chi connectivity index (χ4v) is 5.41. The standard InChI is InChI=1S/C22H21F3N4O5S/c23-22(24,25)13-28-10-14(9-26-28)35(31,32)27-15-11-33-12-18(21(15)30)29-16-5-1-3-7-19(16)34-20-8-4-2-6-17(20)29/h1-10,15,18,21,27,30H,11-13H2. The van der Waals surface area contributed by atoms with Crippen LogP contribution in [0.5, 0.6) is 11.5 Å². The number of aromatic nitrogens is 2. The van der Waals surface area contributed by atoms with Crippen molar-refractivity contribution in [2.24, 2.45) is 0 Å². The number of benzene rings is 2. The van der Waals surface area contributed by atoms with E-state index in [0.29, 0.717) is 27.6 Å². The van der Waals surface area contributed by atoms with E-state index in [-0.39, 0.29) is 13.2 Å². The molecule has 5 rings (SSSR count). The Kier molecular flexibility index (Phi) is 5.95. The third-order valence-electron chi connectivity index (χ3n) is 5.76. The minimum atomic E-state index is -4.55. The Morgan fingerprint density at radius 1 is 1.06 bits per heavy atom. The average Bonchev–Trinajstić information content (AvgIpc) is 3.27. The second-order valence-corrected chi connectivity index (χ2v) is 9.93. The van der Waals surface area contributed by atoms with E-state index in [9.17, 15) is 26.7 Å². The molecule has 2 aromatic carbocycles. The zero-order valence-corrected chi connectivity index (χ0v) is 18.9. The normalized spacial score (nSPS) is 22.3. The molecule has 3 heterocycles. The number of alkyl halides is 3. The summed E-state index contributed by atoms with van der Waals surface area (Å²) < 4.78 is 78.0. The van der Waals surface area contributed by atoms with Gasteiger partial charge in [0.25, 0.3) is 0 Å². The van der Waals surface area contributed by atoms with Gasteiger partial charge in [0.15, 0.2) is 11.5 Å². The van der Waals surface area contributed by atoms with Crippen LogP contribution < -0.4 is 14.4 Å². The van der Waals surface area contributed by atoms with Crippen LogP contribution in [0, 0.1) is 0 Å². The van der Waals surface area contributed by atoms with Crippen molar-refractivity contribution in [3.8, 4) is 11.5 Å². The van der Waals surface area contributed by atoms with Crippen molar-refractivity contribution in [3.05, 3.63) is 60.9 Å². The Bertz CT molecular complexity index is 1280. The molecule has 186 valence electrons. The molecule has 0 saturated carbocycles. The zero-order chi connectivity index (χ0) is 24.8. The van der Waals surface area contributed by atoms with Crippen LogP contribution in [0.15, 0.2) is 65.8 Å². The summed E-state index contributed by atoms with van der Waals surface area (Å²) in [5.41, 5.74) is 1.35. The first-order valence-corrected chi connectivity index (χ1v) is 12.1. The molecular weight excluding hydrogens is 489 g/mol. The van der Waals surface area contributed by atoms with Crippen molar-refractivity contribution in [1.29, 1.82) is 0 Å². The zero-order valence-electron chi connectivity index (χ0n) is 18.1. The maximum atomic E-state index is 12.9. The van der Waals surface area contributed by atoms with Crippen LogP contribution in [0.25, 0.3) is 0 Å². The first-order valence-electron chi connectivity index (χ1n) is 10.6. The first kappa shape index (κ1) is 23.6. The fourth-order valence-electron chi connectivity index (χ4n) is 4.22. The summed E-state index contributed by atoms with van der Waals surface area (Å²) in [6, 6.07) is 12.7. The summed E-state index contributed by atoms with van der Waals surface area (Å²) in [5, 5.41) is 14.7. The molecule has 1 aromatic heterocycles. The van der Waals surface area contributed by atoms with Crippen LogP contribution >= 0.6 is 0 Å². The number of fused-ring (bicyclic) bond motifs is 2. The van der Waals surface area contributed by atoms with Gasteiger partial charge in [-0.3, -0.25) is 4.68 Å². The summed E-state index contributed by atoms with van der Waals surface area (Å²) in [4.78, 5) is 1.40. The second-order valence-electron chi connectivity index (χ2n) is 8.22. The molecule has 0 spiro atoms. The Hall–Kier alpha value is -3.13. The molecule has 3 unspecified atom stereocenters. The smallest absolute Gasteiger partial charge is 0.408 e. The molecule has 3 aromatic rings. The van der Waals surface area contributed by atoms with Crippen LogP contribution in [0.4, 0.5) is 24.5 Å². The molecule has 2 aliphatic rings. The summed E-state index contributed by atoms with van der Waals surface area (Å²) >= 11 is 0. The molecular formula is C22H21F3N4O5S.